The molecule has 1 saturated heterocycles. The molecule has 0 aromatic heterocycles. The molecule has 0 saturated carbocycles. The summed E-state index contributed by atoms with van der Waals surface area (Å²) in [6.45, 7) is 2.08. The van der Waals surface area contributed by atoms with Gasteiger partial charge in [0.25, 0.3) is 0 Å². The standard InChI is InChI=1S/C19H21N3O5S/c1-13-6-8-14(9-7-13)28(26,27)22-11-10-20-19(25)16(22)12-18(24)21-15-4-2-3-5-17(15)23/h2-9,16,23H,10-12H2,1H3,(H,20,25)(H,21,24). The maximum atomic E-state index is 13.0. The zero-order valence-corrected chi connectivity index (χ0v) is 16.1. The number of aryl methyl sites for hydroxylation is 1. The van der Waals surface area contributed by atoms with E-state index in [1.54, 1.807) is 24.3 Å². The first-order valence-electron chi connectivity index (χ1n) is 8.73. The van der Waals surface area contributed by atoms with Crippen LogP contribution < -0.4 is 10.6 Å². The van der Waals surface area contributed by atoms with Crippen LogP contribution in [0.2, 0.25) is 0 Å². The second kappa shape index (κ2) is 7.99. The number of sulfonamides is 1. The Bertz CT molecular complexity index is 989. The summed E-state index contributed by atoms with van der Waals surface area (Å²) in [7, 11) is -3.94. The van der Waals surface area contributed by atoms with E-state index in [9.17, 15) is 23.1 Å². The molecule has 2 aromatic carbocycles. The lowest BCUT2D eigenvalue weighted by molar-refractivity contribution is -0.130. The summed E-state index contributed by atoms with van der Waals surface area (Å²) >= 11 is 0. The predicted octanol–water partition coefficient (Wildman–Crippen LogP) is 1.22. The van der Waals surface area contributed by atoms with E-state index in [0.29, 0.717) is 0 Å². The summed E-state index contributed by atoms with van der Waals surface area (Å²) in [5.41, 5.74) is 1.10. The largest absolute Gasteiger partial charge is 0.506 e. The van der Waals surface area contributed by atoms with Crippen molar-refractivity contribution in [2.75, 3.05) is 18.4 Å². The van der Waals surface area contributed by atoms with Crippen molar-refractivity contribution < 1.29 is 23.1 Å². The van der Waals surface area contributed by atoms with E-state index in [1.165, 1.54) is 24.3 Å². The summed E-state index contributed by atoms with van der Waals surface area (Å²) in [5, 5.41) is 14.9. The Morgan fingerprint density at radius 1 is 1.21 bits per heavy atom. The fraction of sp³-hybridized carbons (Fsp3) is 0.263. The number of nitrogens with zero attached hydrogens (tertiary/aromatic N) is 1. The van der Waals surface area contributed by atoms with Crippen LogP contribution in [0.15, 0.2) is 53.4 Å². The summed E-state index contributed by atoms with van der Waals surface area (Å²) in [6, 6.07) is 11.3. The van der Waals surface area contributed by atoms with Crippen LogP contribution in [0, 0.1) is 6.92 Å². The van der Waals surface area contributed by atoms with Crippen LogP contribution in [0.5, 0.6) is 5.75 Å². The van der Waals surface area contributed by atoms with Gasteiger partial charge < -0.3 is 15.7 Å². The number of rotatable bonds is 5. The van der Waals surface area contributed by atoms with Crippen LogP contribution >= 0.6 is 0 Å². The molecule has 1 heterocycles. The molecule has 148 valence electrons. The zero-order valence-electron chi connectivity index (χ0n) is 15.3. The number of hydrogen-bond donors (Lipinski definition) is 3. The lowest BCUT2D eigenvalue weighted by Gasteiger charge is -2.33. The average molecular weight is 403 g/mol. The monoisotopic (exact) mass is 403 g/mol. The molecule has 0 aliphatic carbocycles. The van der Waals surface area contributed by atoms with E-state index in [4.69, 9.17) is 0 Å². The van der Waals surface area contributed by atoms with Crippen LogP contribution in [0.3, 0.4) is 0 Å². The van der Waals surface area contributed by atoms with Gasteiger partial charge in [-0.1, -0.05) is 29.8 Å². The van der Waals surface area contributed by atoms with Crippen molar-refractivity contribution in [3.8, 4) is 5.75 Å². The van der Waals surface area contributed by atoms with Gasteiger partial charge in [-0.05, 0) is 31.2 Å². The van der Waals surface area contributed by atoms with Gasteiger partial charge in [0.2, 0.25) is 21.8 Å². The van der Waals surface area contributed by atoms with E-state index in [-0.39, 0.29) is 35.8 Å². The Kier molecular flexibility index (Phi) is 5.66. The molecule has 1 unspecified atom stereocenters. The number of benzene rings is 2. The molecular formula is C19H21N3O5S. The Morgan fingerprint density at radius 2 is 1.89 bits per heavy atom. The lowest BCUT2D eigenvalue weighted by Crippen LogP contribution is -2.57. The average Bonchev–Trinajstić information content (AvgIpc) is 2.65. The third-order valence-electron chi connectivity index (χ3n) is 4.47. The van der Waals surface area contributed by atoms with Crippen molar-refractivity contribution in [1.29, 1.82) is 0 Å². The highest BCUT2D eigenvalue weighted by Gasteiger charge is 2.39. The first-order chi connectivity index (χ1) is 13.3. The molecule has 8 nitrogen and oxygen atoms in total. The van der Waals surface area contributed by atoms with Crippen molar-refractivity contribution in [3.05, 3.63) is 54.1 Å². The molecule has 0 bridgehead atoms. The van der Waals surface area contributed by atoms with Crippen LogP contribution in [-0.2, 0) is 19.6 Å². The van der Waals surface area contributed by atoms with Gasteiger partial charge in [-0.15, -0.1) is 0 Å². The van der Waals surface area contributed by atoms with E-state index in [0.717, 1.165) is 9.87 Å². The number of piperazine rings is 1. The van der Waals surface area contributed by atoms with Gasteiger partial charge in [0.05, 0.1) is 17.0 Å². The minimum Gasteiger partial charge on any atom is -0.506 e. The normalized spacial score (nSPS) is 17.8. The summed E-state index contributed by atoms with van der Waals surface area (Å²) in [5.74, 6) is -1.23. The third kappa shape index (κ3) is 4.15. The van der Waals surface area contributed by atoms with Crippen LogP contribution in [-0.4, -0.2) is 48.8 Å². The fourth-order valence-electron chi connectivity index (χ4n) is 2.98. The van der Waals surface area contributed by atoms with Crippen molar-refractivity contribution >= 4 is 27.5 Å². The number of phenolic OH excluding ortho intramolecular Hbond substituents is 1. The van der Waals surface area contributed by atoms with Gasteiger partial charge in [0.1, 0.15) is 11.8 Å². The number of hydrogen-bond acceptors (Lipinski definition) is 5. The highest BCUT2D eigenvalue weighted by atomic mass is 32.2. The SMILES string of the molecule is Cc1ccc(S(=O)(=O)N2CCNC(=O)C2CC(=O)Nc2ccccc2O)cc1. The lowest BCUT2D eigenvalue weighted by atomic mass is 10.1. The van der Waals surface area contributed by atoms with E-state index < -0.39 is 27.9 Å². The molecule has 0 radical (unpaired) electrons. The second-order valence-electron chi connectivity index (χ2n) is 6.51. The molecule has 2 aromatic rings. The van der Waals surface area contributed by atoms with Crippen molar-refractivity contribution in [2.45, 2.75) is 24.3 Å². The smallest absolute Gasteiger partial charge is 0.243 e. The van der Waals surface area contributed by atoms with Gasteiger partial charge in [0, 0.05) is 13.1 Å². The van der Waals surface area contributed by atoms with Crippen LogP contribution in [0.1, 0.15) is 12.0 Å². The number of amides is 2. The molecule has 2 amide bonds. The summed E-state index contributed by atoms with van der Waals surface area (Å²) < 4.78 is 27.1. The minimum absolute atomic E-state index is 0.0660. The molecule has 3 rings (SSSR count). The Balaban J connectivity index is 1.82. The minimum atomic E-state index is -3.94. The fourth-order valence-corrected chi connectivity index (χ4v) is 4.57. The Labute approximate surface area is 163 Å². The predicted molar refractivity (Wildman–Crippen MR) is 103 cm³/mol. The highest BCUT2D eigenvalue weighted by molar-refractivity contribution is 7.89. The molecule has 1 aliphatic rings. The maximum Gasteiger partial charge on any atom is 0.243 e. The molecule has 1 aliphatic heterocycles. The first kappa shape index (κ1) is 19.8. The maximum absolute atomic E-state index is 13.0. The molecule has 3 N–H and O–H groups in total. The quantitative estimate of drug-likeness (QED) is 0.649. The van der Waals surface area contributed by atoms with Gasteiger partial charge in [0.15, 0.2) is 0 Å². The number of anilines is 1. The van der Waals surface area contributed by atoms with Crippen LogP contribution in [0.4, 0.5) is 5.69 Å². The molecule has 9 heteroatoms. The van der Waals surface area contributed by atoms with Gasteiger partial charge in [-0.3, -0.25) is 9.59 Å². The van der Waals surface area contributed by atoms with Crippen molar-refractivity contribution in [2.24, 2.45) is 0 Å². The Morgan fingerprint density at radius 3 is 2.57 bits per heavy atom. The molecular weight excluding hydrogens is 382 g/mol. The topological polar surface area (TPSA) is 116 Å². The molecule has 1 atom stereocenters. The first-order valence-corrected chi connectivity index (χ1v) is 10.2. The number of para-hydroxylation sites is 2. The Hall–Kier alpha value is -2.91. The van der Waals surface area contributed by atoms with E-state index >= 15 is 0 Å². The van der Waals surface area contributed by atoms with Crippen molar-refractivity contribution in [3.63, 3.8) is 0 Å². The zero-order chi connectivity index (χ0) is 20.3. The number of aromatic hydroxyl groups is 1. The van der Waals surface area contributed by atoms with E-state index in [2.05, 4.69) is 10.6 Å². The van der Waals surface area contributed by atoms with E-state index in [1.807, 2.05) is 6.92 Å². The molecule has 28 heavy (non-hydrogen) atoms. The van der Waals surface area contributed by atoms with Crippen molar-refractivity contribution in [1.82, 2.24) is 9.62 Å². The number of phenols is 1. The van der Waals surface area contributed by atoms with Crippen LogP contribution in [0.25, 0.3) is 0 Å². The number of nitrogens with one attached hydrogen (secondary N) is 2. The third-order valence-corrected chi connectivity index (χ3v) is 6.39. The molecule has 1 fully saturated rings. The van der Waals surface area contributed by atoms with Gasteiger partial charge >= 0.3 is 0 Å². The summed E-state index contributed by atoms with van der Waals surface area (Å²) in [6.07, 6.45) is -0.370. The number of carbonyl (C=O) groups excluding carboxylic acids is 2. The van der Waals surface area contributed by atoms with Gasteiger partial charge in [-0.25, -0.2) is 8.42 Å². The molecule has 0 spiro atoms. The second-order valence-corrected chi connectivity index (χ2v) is 8.40. The number of carbonyl (C=O) groups is 2. The summed E-state index contributed by atoms with van der Waals surface area (Å²) in [4.78, 5) is 24.8. The highest BCUT2D eigenvalue weighted by Crippen LogP contribution is 2.24. The van der Waals surface area contributed by atoms with Gasteiger partial charge in [-0.2, -0.15) is 4.31 Å².